The van der Waals surface area contributed by atoms with E-state index in [0.717, 1.165) is 12.2 Å². The summed E-state index contributed by atoms with van der Waals surface area (Å²) in [4.78, 5) is 1.43. The van der Waals surface area contributed by atoms with Gasteiger partial charge < -0.3 is 5.73 Å². The molecule has 0 saturated carbocycles. The Labute approximate surface area is 104 Å². The molecule has 0 unspecified atom stereocenters. The third kappa shape index (κ3) is 4.18. The Kier molecular flexibility index (Phi) is 4.45. The van der Waals surface area contributed by atoms with Gasteiger partial charge in [-0.1, -0.05) is 17.7 Å². The van der Waals surface area contributed by atoms with Crippen molar-refractivity contribution in [3.63, 3.8) is 0 Å². The molecule has 0 bridgehead atoms. The van der Waals surface area contributed by atoms with Gasteiger partial charge in [0.05, 0.1) is 0 Å². The van der Waals surface area contributed by atoms with Crippen molar-refractivity contribution in [1.29, 1.82) is 0 Å². The van der Waals surface area contributed by atoms with Crippen LogP contribution >= 0.6 is 11.8 Å². The minimum atomic E-state index is -0.0560. The highest BCUT2D eigenvalue weighted by Gasteiger charge is 2.11. The normalized spacial score (nSPS) is 11.9. The standard InChI is InChI=1S/C14H23NS/c1-10-8-11(2)13(12(3)9-10)16-7-6-14(4,5)15/h8-9H,6-7,15H2,1-5H3. The molecule has 0 aliphatic rings. The molecule has 1 aromatic carbocycles. The van der Waals surface area contributed by atoms with Gasteiger partial charge in [-0.25, -0.2) is 0 Å². The van der Waals surface area contributed by atoms with Crippen LogP contribution in [0.15, 0.2) is 17.0 Å². The smallest absolute Gasteiger partial charge is 0.0131 e. The average Bonchev–Trinajstić information content (AvgIpc) is 2.07. The summed E-state index contributed by atoms with van der Waals surface area (Å²) in [6.07, 6.45) is 1.05. The lowest BCUT2D eigenvalue weighted by Gasteiger charge is -2.18. The molecule has 16 heavy (non-hydrogen) atoms. The maximum Gasteiger partial charge on any atom is 0.0131 e. The van der Waals surface area contributed by atoms with E-state index < -0.39 is 0 Å². The molecule has 0 fully saturated rings. The summed E-state index contributed by atoms with van der Waals surface area (Å²) in [7, 11) is 0. The van der Waals surface area contributed by atoms with E-state index in [-0.39, 0.29) is 5.54 Å². The van der Waals surface area contributed by atoms with Crippen LogP contribution in [-0.4, -0.2) is 11.3 Å². The molecule has 2 N–H and O–H groups in total. The zero-order valence-electron chi connectivity index (χ0n) is 11.1. The molecule has 0 radical (unpaired) electrons. The van der Waals surface area contributed by atoms with Crippen molar-refractivity contribution in [3.05, 3.63) is 28.8 Å². The Balaban J connectivity index is 2.68. The van der Waals surface area contributed by atoms with Crippen LogP contribution < -0.4 is 5.73 Å². The number of aryl methyl sites for hydroxylation is 3. The third-order valence-corrected chi connectivity index (χ3v) is 3.94. The topological polar surface area (TPSA) is 26.0 Å². The molecule has 2 heteroatoms. The van der Waals surface area contributed by atoms with Crippen molar-refractivity contribution >= 4 is 11.8 Å². The molecule has 0 saturated heterocycles. The summed E-state index contributed by atoms with van der Waals surface area (Å²) in [5.41, 5.74) is 10.0. The third-order valence-electron chi connectivity index (χ3n) is 2.60. The molecular weight excluding hydrogens is 214 g/mol. The predicted octanol–water partition coefficient (Wildman–Crippen LogP) is 3.83. The van der Waals surface area contributed by atoms with Gasteiger partial charge >= 0.3 is 0 Å². The van der Waals surface area contributed by atoms with E-state index in [9.17, 15) is 0 Å². The number of benzene rings is 1. The lowest BCUT2D eigenvalue weighted by molar-refractivity contribution is 0.506. The zero-order valence-corrected chi connectivity index (χ0v) is 11.9. The summed E-state index contributed by atoms with van der Waals surface area (Å²) in [6.45, 7) is 10.7. The predicted molar refractivity (Wildman–Crippen MR) is 74.3 cm³/mol. The minimum absolute atomic E-state index is 0.0560. The maximum absolute atomic E-state index is 5.99. The molecule has 1 aromatic rings. The first-order chi connectivity index (χ1) is 7.29. The maximum atomic E-state index is 5.99. The van der Waals surface area contributed by atoms with E-state index in [4.69, 9.17) is 5.73 Å². The highest BCUT2D eigenvalue weighted by molar-refractivity contribution is 7.99. The van der Waals surface area contributed by atoms with Gasteiger partial charge in [-0.3, -0.25) is 0 Å². The molecular formula is C14H23NS. The van der Waals surface area contributed by atoms with Crippen LogP contribution in [0.1, 0.15) is 37.0 Å². The van der Waals surface area contributed by atoms with Gasteiger partial charge in [0.25, 0.3) is 0 Å². The van der Waals surface area contributed by atoms with Crippen LogP contribution in [0.4, 0.5) is 0 Å². The van der Waals surface area contributed by atoms with Crippen LogP contribution in [0.5, 0.6) is 0 Å². The molecule has 0 aliphatic heterocycles. The summed E-state index contributed by atoms with van der Waals surface area (Å²) >= 11 is 1.93. The Morgan fingerprint density at radius 2 is 1.62 bits per heavy atom. The number of nitrogens with two attached hydrogens (primary N) is 1. The molecule has 0 heterocycles. The molecule has 0 amide bonds. The quantitative estimate of drug-likeness (QED) is 0.805. The molecule has 90 valence electrons. The summed E-state index contributed by atoms with van der Waals surface area (Å²) in [6, 6.07) is 4.51. The Hall–Kier alpha value is -0.470. The lowest BCUT2D eigenvalue weighted by Crippen LogP contribution is -2.32. The van der Waals surface area contributed by atoms with Crippen molar-refractivity contribution in [3.8, 4) is 0 Å². The van der Waals surface area contributed by atoms with E-state index in [1.54, 1.807) is 0 Å². The fourth-order valence-electron chi connectivity index (χ4n) is 1.81. The minimum Gasteiger partial charge on any atom is -0.326 e. The fraction of sp³-hybridized carbons (Fsp3) is 0.571. The van der Waals surface area contributed by atoms with Gasteiger partial charge in [0.15, 0.2) is 0 Å². The number of rotatable bonds is 4. The van der Waals surface area contributed by atoms with Gasteiger partial charge in [0.2, 0.25) is 0 Å². The van der Waals surface area contributed by atoms with E-state index in [0.29, 0.717) is 0 Å². The van der Waals surface area contributed by atoms with Gasteiger partial charge in [0.1, 0.15) is 0 Å². The molecule has 0 aromatic heterocycles. The summed E-state index contributed by atoms with van der Waals surface area (Å²) < 4.78 is 0. The number of hydrogen-bond donors (Lipinski definition) is 1. The van der Waals surface area contributed by atoms with Gasteiger partial charge in [-0.05, 0) is 57.9 Å². The average molecular weight is 237 g/mol. The van der Waals surface area contributed by atoms with Crippen LogP contribution in [0.2, 0.25) is 0 Å². The van der Waals surface area contributed by atoms with E-state index in [2.05, 4.69) is 46.8 Å². The van der Waals surface area contributed by atoms with Gasteiger partial charge in [0, 0.05) is 10.4 Å². The van der Waals surface area contributed by atoms with Crippen molar-refractivity contribution < 1.29 is 0 Å². The van der Waals surface area contributed by atoms with E-state index >= 15 is 0 Å². The highest BCUT2D eigenvalue weighted by atomic mass is 32.2. The van der Waals surface area contributed by atoms with Crippen LogP contribution in [-0.2, 0) is 0 Å². The van der Waals surface area contributed by atoms with Crippen LogP contribution in [0.25, 0.3) is 0 Å². The first-order valence-electron chi connectivity index (χ1n) is 5.79. The monoisotopic (exact) mass is 237 g/mol. The van der Waals surface area contributed by atoms with Crippen molar-refractivity contribution in [2.45, 2.75) is 51.5 Å². The number of thioether (sulfide) groups is 1. The molecule has 0 atom stereocenters. The Bertz CT molecular complexity index is 340. The van der Waals surface area contributed by atoms with Crippen molar-refractivity contribution in [2.24, 2.45) is 5.73 Å². The second-order valence-corrected chi connectivity index (χ2v) is 6.42. The molecule has 0 spiro atoms. The largest absolute Gasteiger partial charge is 0.326 e. The van der Waals surface area contributed by atoms with Crippen LogP contribution in [0.3, 0.4) is 0 Å². The Morgan fingerprint density at radius 3 is 2.06 bits per heavy atom. The molecule has 0 aliphatic carbocycles. The SMILES string of the molecule is Cc1cc(C)c(SCCC(C)(C)N)c(C)c1. The first-order valence-corrected chi connectivity index (χ1v) is 6.78. The summed E-state index contributed by atoms with van der Waals surface area (Å²) in [5, 5.41) is 0. The van der Waals surface area contributed by atoms with Crippen molar-refractivity contribution in [2.75, 3.05) is 5.75 Å². The molecule has 1 nitrogen and oxygen atoms in total. The zero-order chi connectivity index (χ0) is 12.3. The van der Waals surface area contributed by atoms with Gasteiger partial charge in [-0.15, -0.1) is 11.8 Å². The highest BCUT2D eigenvalue weighted by Crippen LogP contribution is 2.28. The van der Waals surface area contributed by atoms with Crippen LogP contribution in [0, 0.1) is 20.8 Å². The molecule has 1 rings (SSSR count). The fourth-order valence-corrected chi connectivity index (χ4v) is 3.22. The second-order valence-electron chi connectivity index (χ2n) is 5.31. The van der Waals surface area contributed by atoms with Gasteiger partial charge in [-0.2, -0.15) is 0 Å². The summed E-state index contributed by atoms with van der Waals surface area (Å²) in [5.74, 6) is 1.09. The van der Waals surface area contributed by atoms with E-state index in [1.807, 2.05) is 11.8 Å². The number of hydrogen-bond acceptors (Lipinski definition) is 2. The lowest BCUT2D eigenvalue weighted by atomic mass is 10.0. The second kappa shape index (κ2) is 5.24. The van der Waals surface area contributed by atoms with E-state index in [1.165, 1.54) is 21.6 Å². The van der Waals surface area contributed by atoms with Crippen molar-refractivity contribution in [1.82, 2.24) is 0 Å². The Morgan fingerprint density at radius 1 is 1.12 bits per heavy atom. The first kappa shape index (κ1) is 13.6.